The molecule has 1 unspecified atom stereocenters. The molecule has 0 rings (SSSR count). The molecule has 0 heterocycles. The van der Waals surface area contributed by atoms with E-state index in [1.807, 2.05) is 6.92 Å². The summed E-state index contributed by atoms with van der Waals surface area (Å²) >= 11 is 0. The van der Waals surface area contributed by atoms with Crippen LogP contribution in [0.1, 0.15) is 212 Å². The van der Waals surface area contributed by atoms with Gasteiger partial charge in [0.1, 0.15) is 0 Å². The predicted octanol–water partition coefficient (Wildman–Crippen LogP) is 18.4. The van der Waals surface area contributed by atoms with Gasteiger partial charge < -0.3 is 14.7 Å². The summed E-state index contributed by atoms with van der Waals surface area (Å²) in [5.41, 5.74) is 15.6. The minimum atomic E-state index is -5.11. The molecule has 1 atom stereocenters. The van der Waals surface area contributed by atoms with Gasteiger partial charge >= 0.3 is 15.6 Å². The van der Waals surface area contributed by atoms with Crippen LogP contribution in [0.3, 0.4) is 0 Å². The first kappa shape index (κ1) is 61.4. The summed E-state index contributed by atoms with van der Waals surface area (Å²) in [5, 5.41) is 0. The van der Waals surface area contributed by atoms with Crippen LogP contribution in [0.25, 0.3) is 0 Å². The summed E-state index contributed by atoms with van der Waals surface area (Å²) in [6.45, 7) is 26.2. The minimum Gasteiger partial charge on any atom is -0.302 e. The van der Waals surface area contributed by atoms with Crippen LogP contribution >= 0.6 is 15.6 Å². The third kappa shape index (κ3) is 40.9. The first-order valence-electron chi connectivity index (χ1n) is 24.0. The molecule has 0 aliphatic heterocycles. The zero-order valence-electron chi connectivity index (χ0n) is 42.6. The molecule has 0 radical (unpaired) electrons. The monoisotopic (exact) mass is 927 g/mol. The fourth-order valence-corrected chi connectivity index (χ4v) is 8.48. The highest BCUT2D eigenvalue weighted by molar-refractivity contribution is 7.60. The van der Waals surface area contributed by atoms with Gasteiger partial charge in [0, 0.05) is 0 Å². The van der Waals surface area contributed by atoms with E-state index in [2.05, 4.69) is 146 Å². The Morgan fingerprint density at radius 1 is 0.328 bits per heavy atom. The molecule has 9 heteroatoms. The molecule has 3 N–H and O–H groups in total. The highest BCUT2D eigenvalue weighted by atomic mass is 31.3. The molecule has 0 amide bonds. The maximum Gasteiger partial charge on any atom is 0.481 e. The number of hydrogen-bond donors (Lipinski definition) is 3. The van der Waals surface area contributed by atoms with Crippen LogP contribution in [0.15, 0.2) is 128 Å². The van der Waals surface area contributed by atoms with Crippen molar-refractivity contribution in [2.24, 2.45) is 0 Å². The smallest absolute Gasteiger partial charge is 0.302 e. The van der Waals surface area contributed by atoms with Crippen molar-refractivity contribution < 1.29 is 32.6 Å². The van der Waals surface area contributed by atoms with Gasteiger partial charge in [-0.05, 0) is 212 Å². The molecule has 64 heavy (non-hydrogen) atoms. The number of phosphoric ester groups is 1. The summed E-state index contributed by atoms with van der Waals surface area (Å²) in [6, 6.07) is 0. The summed E-state index contributed by atoms with van der Waals surface area (Å²) in [6.07, 6.45) is 47.2. The number of rotatable bonds is 35. The van der Waals surface area contributed by atoms with E-state index in [-0.39, 0.29) is 6.61 Å². The van der Waals surface area contributed by atoms with Crippen molar-refractivity contribution in [1.29, 1.82) is 0 Å². The Hall–Kier alpha value is -2.60. The third-order valence-electron chi connectivity index (χ3n) is 11.3. The molecule has 0 saturated heterocycles. The van der Waals surface area contributed by atoms with E-state index in [9.17, 15) is 14.0 Å². The fraction of sp³-hybridized carbons (Fsp3) is 0.600. The van der Waals surface area contributed by atoms with E-state index < -0.39 is 15.6 Å². The van der Waals surface area contributed by atoms with Crippen LogP contribution in [0.2, 0.25) is 0 Å². The van der Waals surface area contributed by atoms with E-state index in [1.54, 1.807) is 6.08 Å². The maximum atomic E-state index is 11.5. The molecule has 0 aromatic heterocycles. The Morgan fingerprint density at radius 3 is 0.703 bits per heavy atom. The Morgan fingerprint density at radius 2 is 0.516 bits per heavy atom. The van der Waals surface area contributed by atoms with Crippen molar-refractivity contribution in [2.75, 3.05) is 6.61 Å². The van der Waals surface area contributed by atoms with E-state index in [1.165, 1.54) is 68.6 Å². The zero-order chi connectivity index (χ0) is 48.4. The normalized spacial score (nSPS) is 15.9. The molecule has 0 spiro atoms. The van der Waals surface area contributed by atoms with Gasteiger partial charge in [0.15, 0.2) is 0 Å². The van der Waals surface area contributed by atoms with Crippen LogP contribution in [0.5, 0.6) is 0 Å². The van der Waals surface area contributed by atoms with Gasteiger partial charge in [0.2, 0.25) is 0 Å². The average Bonchev–Trinajstić information content (AvgIpc) is 3.16. The highest BCUT2D eigenvalue weighted by Gasteiger charge is 2.31. The van der Waals surface area contributed by atoms with Gasteiger partial charge in [-0.25, -0.2) is 9.13 Å². The van der Waals surface area contributed by atoms with Gasteiger partial charge in [0.05, 0.1) is 6.61 Å². The van der Waals surface area contributed by atoms with Gasteiger partial charge in [-0.15, -0.1) is 0 Å². The minimum absolute atomic E-state index is 0.274. The van der Waals surface area contributed by atoms with E-state index in [4.69, 9.17) is 9.79 Å². The topological polar surface area (TPSA) is 113 Å². The molecule has 0 aromatic rings. The van der Waals surface area contributed by atoms with Crippen LogP contribution < -0.4 is 0 Å². The fourth-order valence-electron chi connectivity index (χ4n) is 6.96. The first-order valence-corrected chi connectivity index (χ1v) is 27.0. The summed E-state index contributed by atoms with van der Waals surface area (Å²) in [5.74, 6) is 0. The second-order valence-corrected chi connectivity index (χ2v) is 21.3. The zero-order valence-corrected chi connectivity index (χ0v) is 44.4. The molecule has 364 valence electrons. The summed E-state index contributed by atoms with van der Waals surface area (Å²) in [7, 11) is -9.92. The summed E-state index contributed by atoms with van der Waals surface area (Å²) < 4.78 is 30.6. The number of allylic oxidation sites excluding steroid dienone is 21. The van der Waals surface area contributed by atoms with Gasteiger partial charge in [-0.1, -0.05) is 128 Å². The Labute approximate surface area is 393 Å². The summed E-state index contributed by atoms with van der Waals surface area (Å²) in [4.78, 5) is 26.7. The molecule has 0 aromatic carbocycles. The molecule has 0 aliphatic rings. The van der Waals surface area contributed by atoms with Crippen molar-refractivity contribution in [3.05, 3.63) is 128 Å². The number of hydrogen-bond acceptors (Lipinski definition) is 4. The first-order chi connectivity index (χ1) is 30.1. The Kier molecular flexibility index (Phi) is 35.0. The average molecular weight is 927 g/mol. The SMILES string of the molecule is CC(C)=CCC/C(C)=C/CC/C(C)=C/CC/C(C)=C/CC/C(C)=C/CC/C(C)=C\CC/C(C)=C\CC/C(C)=C\CC/C(C)=C\CC/C(C)=C\CC/C(C)=C\COP(=O)(O)OP(=O)(O)O. The molecule has 7 nitrogen and oxygen atoms in total. The Balaban J connectivity index is 4.31. The molecular formula is C55H92O7P2. The lowest BCUT2D eigenvalue weighted by molar-refractivity contribution is 0.191. The number of phosphoric acid groups is 2. The lowest BCUT2D eigenvalue weighted by atomic mass is 10.0. The molecular weight excluding hydrogens is 835 g/mol. The van der Waals surface area contributed by atoms with E-state index in [0.29, 0.717) is 0 Å². The van der Waals surface area contributed by atoms with Crippen molar-refractivity contribution in [3.63, 3.8) is 0 Å². The predicted molar refractivity (Wildman–Crippen MR) is 278 cm³/mol. The van der Waals surface area contributed by atoms with Crippen LogP contribution in [-0.4, -0.2) is 21.3 Å². The van der Waals surface area contributed by atoms with Crippen molar-refractivity contribution in [1.82, 2.24) is 0 Å². The molecule has 0 aliphatic carbocycles. The quantitative estimate of drug-likeness (QED) is 0.0428. The maximum absolute atomic E-state index is 11.5. The van der Waals surface area contributed by atoms with Crippen molar-refractivity contribution >= 4 is 15.6 Å². The van der Waals surface area contributed by atoms with Gasteiger partial charge in [-0.2, -0.15) is 4.31 Å². The highest BCUT2D eigenvalue weighted by Crippen LogP contribution is 2.57. The lowest BCUT2D eigenvalue weighted by Gasteiger charge is -2.11. The molecule has 0 fully saturated rings. The molecule has 0 saturated carbocycles. The van der Waals surface area contributed by atoms with Gasteiger partial charge in [-0.3, -0.25) is 4.52 Å². The van der Waals surface area contributed by atoms with Crippen LogP contribution in [0, 0.1) is 0 Å². The standard InChI is InChI=1S/C55H92O7P2/c1-45(2)23-13-24-46(3)25-14-26-47(4)27-15-28-48(5)29-16-30-49(6)31-17-32-50(7)33-18-34-51(8)35-19-36-52(9)37-20-38-53(10)39-21-40-54(11)41-22-42-55(12)43-44-61-64(59,60)62-63(56,57)58/h23,25,27,29,31,33,35,37,39,41,43H,13-22,24,26,28,30,32,34,36,38,40,42,44H2,1-12H3,(H,59,60)(H2,56,57,58)/b46-25+,47-27+,48-29+,49-31+,50-33-,51-35-,52-37-,53-39-,54-41-,55-43-. The van der Waals surface area contributed by atoms with E-state index >= 15 is 0 Å². The lowest BCUT2D eigenvalue weighted by Crippen LogP contribution is -1.94. The van der Waals surface area contributed by atoms with Crippen molar-refractivity contribution in [3.8, 4) is 0 Å². The van der Waals surface area contributed by atoms with E-state index in [0.717, 1.165) is 121 Å². The second kappa shape index (κ2) is 36.5. The largest absolute Gasteiger partial charge is 0.481 e. The third-order valence-corrected chi connectivity index (χ3v) is 13.4. The van der Waals surface area contributed by atoms with Gasteiger partial charge in [0.25, 0.3) is 0 Å². The molecule has 0 bridgehead atoms. The van der Waals surface area contributed by atoms with Crippen LogP contribution in [-0.2, 0) is 18.0 Å². The second-order valence-electron chi connectivity index (χ2n) is 18.5. The van der Waals surface area contributed by atoms with Crippen molar-refractivity contribution in [2.45, 2.75) is 212 Å². The Bertz CT molecular complexity index is 1800. The van der Waals surface area contributed by atoms with Crippen LogP contribution in [0.4, 0.5) is 0 Å².